The summed E-state index contributed by atoms with van der Waals surface area (Å²) < 4.78 is 5.22. The standard InChI is InChI=1S/C17H25NO2/c1-5-17(3,18-10-6-7-11-18)16(19)15-9-8-14(20-4)12-13(15)2/h8-9,12H,5-7,10-11H2,1-4H3. The number of aryl methyl sites for hydroxylation is 1. The average Bonchev–Trinajstić information content (AvgIpc) is 3.00. The van der Waals surface area contributed by atoms with Crippen LogP contribution in [0.2, 0.25) is 0 Å². The molecule has 0 aromatic heterocycles. The molecule has 0 radical (unpaired) electrons. The van der Waals surface area contributed by atoms with Crippen molar-refractivity contribution in [2.24, 2.45) is 0 Å². The minimum atomic E-state index is -0.379. The Morgan fingerprint density at radius 1 is 1.35 bits per heavy atom. The fraction of sp³-hybridized carbons (Fsp3) is 0.588. The molecule has 0 N–H and O–H groups in total. The number of hydrogen-bond acceptors (Lipinski definition) is 3. The zero-order valence-electron chi connectivity index (χ0n) is 13.0. The summed E-state index contributed by atoms with van der Waals surface area (Å²) in [5.74, 6) is 1.04. The summed E-state index contributed by atoms with van der Waals surface area (Å²) in [4.78, 5) is 15.4. The van der Waals surface area contributed by atoms with Crippen LogP contribution in [0, 0.1) is 6.92 Å². The van der Waals surface area contributed by atoms with Crippen LogP contribution in [-0.2, 0) is 0 Å². The number of nitrogens with zero attached hydrogens (tertiary/aromatic N) is 1. The lowest BCUT2D eigenvalue weighted by atomic mass is 9.85. The quantitative estimate of drug-likeness (QED) is 0.771. The summed E-state index contributed by atoms with van der Waals surface area (Å²) >= 11 is 0. The molecule has 0 saturated carbocycles. The van der Waals surface area contributed by atoms with E-state index in [0.717, 1.165) is 36.4 Å². The first kappa shape index (κ1) is 15.0. The smallest absolute Gasteiger partial charge is 0.183 e. The van der Waals surface area contributed by atoms with Gasteiger partial charge in [-0.15, -0.1) is 0 Å². The van der Waals surface area contributed by atoms with E-state index in [-0.39, 0.29) is 11.3 Å². The van der Waals surface area contributed by atoms with Crippen LogP contribution >= 0.6 is 0 Å². The summed E-state index contributed by atoms with van der Waals surface area (Å²) in [6.07, 6.45) is 3.24. The number of rotatable bonds is 5. The van der Waals surface area contributed by atoms with Gasteiger partial charge < -0.3 is 4.74 Å². The minimum absolute atomic E-state index is 0.238. The van der Waals surface area contributed by atoms with Gasteiger partial charge in [0.05, 0.1) is 12.6 Å². The molecule has 0 bridgehead atoms. The van der Waals surface area contributed by atoms with E-state index in [9.17, 15) is 4.79 Å². The van der Waals surface area contributed by atoms with Gasteiger partial charge in [-0.1, -0.05) is 6.92 Å². The predicted octanol–water partition coefficient (Wildman–Crippen LogP) is 3.45. The van der Waals surface area contributed by atoms with Crippen LogP contribution in [0.25, 0.3) is 0 Å². The van der Waals surface area contributed by atoms with E-state index in [1.165, 1.54) is 12.8 Å². The first-order valence-corrected chi connectivity index (χ1v) is 7.47. The van der Waals surface area contributed by atoms with Crippen LogP contribution in [0.5, 0.6) is 5.75 Å². The Morgan fingerprint density at radius 2 is 2.00 bits per heavy atom. The van der Waals surface area contributed by atoms with E-state index in [0.29, 0.717) is 0 Å². The van der Waals surface area contributed by atoms with E-state index in [2.05, 4.69) is 18.7 Å². The lowest BCUT2D eigenvalue weighted by Crippen LogP contribution is -2.50. The third kappa shape index (κ3) is 2.59. The van der Waals surface area contributed by atoms with Crippen molar-refractivity contribution in [3.8, 4) is 5.75 Å². The lowest BCUT2D eigenvalue weighted by molar-refractivity contribution is 0.0647. The van der Waals surface area contributed by atoms with Gasteiger partial charge in [0.15, 0.2) is 5.78 Å². The molecule has 1 aliphatic heterocycles. The van der Waals surface area contributed by atoms with E-state index < -0.39 is 0 Å². The van der Waals surface area contributed by atoms with Gasteiger partial charge >= 0.3 is 0 Å². The van der Waals surface area contributed by atoms with Crippen LogP contribution in [-0.4, -0.2) is 36.4 Å². The van der Waals surface area contributed by atoms with E-state index >= 15 is 0 Å². The number of likely N-dealkylation sites (tertiary alicyclic amines) is 1. The van der Waals surface area contributed by atoms with E-state index in [4.69, 9.17) is 4.74 Å². The number of hydrogen-bond donors (Lipinski definition) is 0. The molecular formula is C17H25NO2. The maximum absolute atomic E-state index is 13.0. The Balaban J connectivity index is 2.32. The third-order valence-electron chi connectivity index (χ3n) is 4.66. The third-order valence-corrected chi connectivity index (χ3v) is 4.66. The minimum Gasteiger partial charge on any atom is -0.497 e. The Morgan fingerprint density at radius 3 is 2.50 bits per heavy atom. The van der Waals surface area contributed by atoms with Crippen LogP contribution < -0.4 is 4.74 Å². The number of carbonyl (C=O) groups is 1. The first-order chi connectivity index (χ1) is 9.52. The molecule has 2 rings (SSSR count). The number of carbonyl (C=O) groups excluding carboxylic acids is 1. The van der Waals surface area contributed by atoms with Gasteiger partial charge in [-0.25, -0.2) is 0 Å². The Labute approximate surface area is 121 Å². The summed E-state index contributed by atoms with van der Waals surface area (Å²) in [5.41, 5.74) is 1.44. The van der Waals surface area contributed by atoms with Crippen molar-refractivity contribution in [1.82, 2.24) is 4.90 Å². The maximum Gasteiger partial charge on any atom is 0.183 e. The van der Waals surface area contributed by atoms with Crippen LogP contribution in [0.1, 0.15) is 49.0 Å². The fourth-order valence-electron chi connectivity index (χ4n) is 3.05. The predicted molar refractivity (Wildman–Crippen MR) is 81.6 cm³/mol. The maximum atomic E-state index is 13.0. The number of benzene rings is 1. The van der Waals surface area contributed by atoms with Gasteiger partial charge in [0.2, 0.25) is 0 Å². The number of ketones is 1. The Bertz CT molecular complexity index is 492. The Kier molecular flexibility index (Phi) is 4.48. The second kappa shape index (κ2) is 5.96. The molecular weight excluding hydrogens is 250 g/mol. The lowest BCUT2D eigenvalue weighted by Gasteiger charge is -2.37. The topological polar surface area (TPSA) is 29.5 Å². The normalized spacial score (nSPS) is 18.8. The second-order valence-corrected chi connectivity index (χ2v) is 5.83. The summed E-state index contributed by atoms with van der Waals surface area (Å²) in [6, 6.07) is 5.72. The second-order valence-electron chi connectivity index (χ2n) is 5.83. The van der Waals surface area contributed by atoms with Crippen molar-refractivity contribution in [3.63, 3.8) is 0 Å². The van der Waals surface area contributed by atoms with Gasteiger partial charge in [0, 0.05) is 5.56 Å². The molecule has 3 heteroatoms. The van der Waals surface area contributed by atoms with Gasteiger partial charge in [-0.05, 0) is 70.0 Å². The molecule has 1 fully saturated rings. The molecule has 110 valence electrons. The molecule has 1 aromatic rings. The van der Waals surface area contributed by atoms with Gasteiger partial charge in [0.1, 0.15) is 5.75 Å². The van der Waals surface area contributed by atoms with Crippen LogP contribution in [0.3, 0.4) is 0 Å². The number of Topliss-reactive ketones (excluding diaryl/α,β-unsaturated/α-hetero) is 1. The zero-order valence-corrected chi connectivity index (χ0v) is 13.0. The van der Waals surface area contributed by atoms with Crippen LogP contribution in [0.4, 0.5) is 0 Å². The summed E-state index contributed by atoms with van der Waals surface area (Å²) in [6.45, 7) is 8.24. The average molecular weight is 275 g/mol. The molecule has 1 unspecified atom stereocenters. The highest BCUT2D eigenvalue weighted by molar-refractivity contribution is 6.04. The molecule has 20 heavy (non-hydrogen) atoms. The number of methoxy groups -OCH3 is 1. The molecule has 0 aliphatic carbocycles. The molecule has 1 atom stereocenters. The zero-order chi connectivity index (χ0) is 14.8. The molecule has 1 heterocycles. The monoisotopic (exact) mass is 275 g/mol. The molecule has 0 spiro atoms. The van der Waals surface area contributed by atoms with Gasteiger partial charge in [-0.3, -0.25) is 9.69 Å². The number of ether oxygens (including phenoxy) is 1. The molecule has 1 aliphatic rings. The SMILES string of the molecule is CCC(C)(C(=O)c1ccc(OC)cc1C)N1CCCC1. The largest absolute Gasteiger partial charge is 0.497 e. The molecule has 3 nitrogen and oxygen atoms in total. The van der Waals surface area contributed by atoms with Gasteiger partial charge in [0.25, 0.3) is 0 Å². The highest BCUT2D eigenvalue weighted by atomic mass is 16.5. The van der Waals surface area contributed by atoms with Crippen molar-refractivity contribution in [1.29, 1.82) is 0 Å². The first-order valence-electron chi connectivity index (χ1n) is 7.47. The summed E-state index contributed by atoms with van der Waals surface area (Å²) in [7, 11) is 1.65. The summed E-state index contributed by atoms with van der Waals surface area (Å²) in [5, 5.41) is 0. The van der Waals surface area contributed by atoms with Crippen molar-refractivity contribution in [3.05, 3.63) is 29.3 Å². The highest BCUT2D eigenvalue weighted by Crippen LogP contribution is 2.30. The molecule has 0 amide bonds. The van der Waals surface area contributed by atoms with E-state index in [1.807, 2.05) is 25.1 Å². The van der Waals surface area contributed by atoms with Crippen molar-refractivity contribution < 1.29 is 9.53 Å². The van der Waals surface area contributed by atoms with Crippen LogP contribution in [0.15, 0.2) is 18.2 Å². The Hall–Kier alpha value is -1.35. The highest BCUT2D eigenvalue weighted by Gasteiger charge is 2.39. The van der Waals surface area contributed by atoms with Gasteiger partial charge in [-0.2, -0.15) is 0 Å². The van der Waals surface area contributed by atoms with Crippen molar-refractivity contribution >= 4 is 5.78 Å². The van der Waals surface area contributed by atoms with Crippen molar-refractivity contribution in [2.45, 2.75) is 45.6 Å². The molecule has 1 saturated heterocycles. The fourth-order valence-corrected chi connectivity index (χ4v) is 3.05. The van der Waals surface area contributed by atoms with Crippen molar-refractivity contribution in [2.75, 3.05) is 20.2 Å². The molecule has 1 aromatic carbocycles. The van der Waals surface area contributed by atoms with E-state index in [1.54, 1.807) is 7.11 Å².